The molecule has 0 saturated heterocycles. The van der Waals surface area contributed by atoms with Crippen LogP contribution >= 0.6 is 11.3 Å². The van der Waals surface area contributed by atoms with Gasteiger partial charge in [0.2, 0.25) is 0 Å². The molecule has 0 aliphatic rings. The molecule has 234 valence electrons. The summed E-state index contributed by atoms with van der Waals surface area (Å²) < 4.78 is 2.60. The second-order valence-corrected chi connectivity index (χ2v) is 14.0. The van der Waals surface area contributed by atoms with Crippen LogP contribution in [0.4, 0.5) is 17.1 Å². The zero-order chi connectivity index (χ0) is 33.0. The molecule has 0 radical (unpaired) electrons. The molecule has 0 unspecified atom stereocenters. The number of hydrogen-bond acceptors (Lipinski definition) is 2. The highest BCUT2D eigenvalue weighted by molar-refractivity contribution is 7.26. The Hall–Kier alpha value is -6.22. The average molecular weight is 654 g/mol. The van der Waals surface area contributed by atoms with E-state index < -0.39 is 0 Å². The predicted octanol–water partition coefficient (Wildman–Crippen LogP) is 14.3. The zero-order valence-corrected chi connectivity index (χ0v) is 28.1. The van der Waals surface area contributed by atoms with E-state index in [0.717, 1.165) is 5.69 Å². The molecule has 2 heteroatoms. The average Bonchev–Trinajstić information content (AvgIpc) is 3.58. The highest BCUT2D eigenvalue weighted by Gasteiger charge is 2.21. The van der Waals surface area contributed by atoms with Crippen LogP contribution < -0.4 is 4.90 Å². The van der Waals surface area contributed by atoms with E-state index in [1.165, 1.54) is 86.1 Å². The number of nitrogens with zero attached hydrogens (tertiary/aromatic N) is 1. The summed E-state index contributed by atoms with van der Waals surface area (Å²) in [4.78, 5) is 2.47. The Kier molecular flexibility index (Phi) is 6.75. The molecular weight excluding hydrogens is 623 g/mol. The van der Waals surface area contributed by atoms with Crippen molar-refractivity contribution >= 4 is 80.9 Å². The Bertz CT molecular complexity index is 2870. The largest absolute Gasteiger partial charge is 0.308 e. The Morgan fingerprint density at radius 1 is 0.320 bits per heavy atom. The Balaban J connectivity index is 1.13. The minimum Gasteiger partial charge on any atom is -0.308 e. The van der Waals surface area contributed by atoms with Gasteiger partial charge in [-0.2, -0.15) is 0 Å². The van der Waals surface area contributed by atoms with Crippen LogP contribution in [0.25, 0.3) is 74.7 Å². The molecule has 9 aromatic carbocycles. The highest BCUT2D eigenvalue weighted by atomic mass is 32.1. The summed E-state index contributed by atoms with van der Waals surface area (Å²) in [6, 6.07) is 68.7. The second-order valence-electron chi connectivity index (χ2n) is 12.9. The van der Waals surface area contributed by atoms with Gasteiger partial charge in [-0.3, -0.25) is 0 Å². The molecule has 0 fully saturated rings. The van der Waals surface area contributed by atoms with Crippen molar-refractivity contribution in [1.29, 1.82) is 0 Å². The molecule has 0 bridgehead atoms. The molecule has 1 aromatic heterocycles. The summed E-state index contributed by atoms with van der Waals surface area (Å²) >= 11 is 1.87. The van der Waals surface area contributed by atoms with Gasteiger partial charge < -0.3 is 4.90 Å². The van der Waals surface area contributed by atoms with Crippen LogP contribution in [-0.4, -0.2) is 0 Å². The van der Waals surface area contributed by atoms with Gasteiger partial charge in [-0.1, -0.05) is 146 Å². The minimum absolute atomic E-state index is 1.13. The number of benzene rings is 9. The molecule has 1 nitrogen and oxygen atoms in total. The van der Waals surface area contributed by atoms with Gasteiger partial charge in [-0.05, 0) is 91.6 Å². The van der Waals surface area contributed by atoms with Crippen molar-refractivity contribution < 1.29 is 0 Å². The number of rotatable bonds is 5. The summed E-state index contributed by atoms with van der Waals surface area (Å²) in [5.41, 5.74) is 8.40. The van der Waals surface area contributed by atoms with Crippen LogP contribution in [-0.2, 0) is 0 Å². The highest BCUT2D eigenvalue weighted by Crippen LogP contribution is 2.47. The third-order valence-electron chi connectivity index (χ3n) is 10.0. The van der Waals surface area contributed by atoms with Crippen molar-refractivity contribution in [3.05, 3.63) is 188 Å². The summed E-state index contributed by atoms with van der Waals surface area (Å²) in [7, 11) is 0. The van der Waals surface area contributed by atoms with Gasteiger partial charge in [0.05, 0.1) is 16.1 Å². The lowest BCUT2D eigenvalue weighted by Gasteiger charge is -2.28. The van der Waals surface area contributed by atoms with E-state index in [1.54, 1.807) is 0 Å². The lowest BCUT2D eigenvalue weighted by Crippen LogP contribution is -2.10. The number of thiophene rings is 1. The molecule has 1 heterocycles. The van der Waals surface area contributed by atoms with E-state index in [4.69, 9.17) is 0 Å². The Labute approximate surface area is 294 Å². The van der Waals surface area contributed by atoms with Crippen LogP contribution in [0.3, 0.4) is 0 Å². The fourth-order valence-corrected chi connectivity index (χ4v) is 8.78. The maximum absolute atomic E-state index is 2.47. The molecule has 0 aliphatic heterocycles. The standard InChI is InChI=1S/C48H31NS/c1-2-11-32(12-3-1)34-21-23-37-30-35(22-24-36(37)29-34)33-25-27-39(28-26-33)49(45-19-10-18-44-43-17-8-9-20-47(43)50-48(44)45)46-31-38-13-4-5-14-40(38)41-15-6-7-16-42(41)46/h1-31H. The van der Waals surface area contributed by atoms with Gasteiger partial charge in [-0.15, -0.1) is 11.3 Å². The van der Waals surface area contributed by atoms with Crippen molar-refractivity contribution in [2.24, 2.45) is 0 Å². The molecule has 0 N–H and O–H groups in total. The maximum atomic E-state index is 2.47. The lowest BCUT2D eigenvalue weighted by molar-refractivity contribution is 1.32. The molecule has 0 spiro atoms. The second kappa shape index (κ2) is 11.7. The Morgan fingerprint density at radius 3 is 1.66 bits per heavy atom. The van der Waals surface area contributed by atoms with Gasteiger partial charge in [-0.25, -0.2) is 0 Å². The lowest BCUT2D eigenvalue weighted by atomic mass is 9.97. The fraction of sp³-hybridized carbons (Fsp3) is 0. The van der Waals surface area contributed by atoms with E-state index >= 15 is 0 Å². The monoisotopic (exact) mass is 653 g/mol. The SMILES string of the molecule is c1ccc(-c2ccc3cc(-c4ccc(N(c5cc6ccccc6c6ccccc56)c5cccc6c5sc5ccccc56)cc4)ccc3c2)cc1. The molecular formula is C48H31NS. The first-order valence-corrected chi connectivity index (χ1v) is 17.9. The number of anilines is 3. The van der Waals surface area contributed by atoms with Crippen molar-refractivity contribution in [3.8, 4) is 22.3 Å². The fourth-order valence-electron chi connectivity index (χ4n) is 7.57. The first-order chi connectivity index (χ1) is 24.8. The van der Waals surface area contributed by atoms with Crippen molar-refractivity contribution in [2.75, 3.05) is 4.90 Å². The summed E-state index contributed by atoms with van der Waals surface area (Å²) in [5, 5.41) is 10.1. The minimum atomic E-state index is 1.13. The number of hydrogen-bond donors (Lipinski definition) is 0. The van der Waals surface area contributed by atoms with Gasteiger partial charge in [0.15, 0.2) is 0 Å². The normalized spacial score (nSPS) is 11.6. The summed E-state index contributed by atoms with van der Waals surface area (Å²) in [6.45, 7) is 0. The predicted molar refractivity (Wildman–Crippen MR) is 217 cm³/mol. The van der Waals surface area contributed by atoms with Crippen LogP contribution in [0.15, 0.2) is 188 Å². The smallest absolute Gasteiger partial charge is 0.0640 e. The van der Waals surface area contributed by atoms with E-state index in [-0.39, 0.29) is 0 Å². The van der Waals surface area contributed by atoms with E-state index in [9.17, 15) is 0 Å². The molecule has 0 aliphatic carbocycles. The molecule has 0 saturated carbocycles. The van der Waals surface area contributed by atoms with Crippen LogP contribution in [0.2, 0.25) is 0 Å². The first kappa shape index (κ1) is 28.8. The van der Waals surface area contributed by atoms with Crippen molar-refractivity contribution in [1.82, 2.24) is 0 Å². The quantitative estimate of drug-likeness (QED) is 0.167. The maximum Gasteiger partial charge on any atom is 0.0640 e. The van der Waals surface area contributed by atoms with Gasteiger partial charge in [0, 0.05) is 26.5 Å². The van der Waals surface area contributed by atoms with Crippen molar-refractivity contribution in [2.45, 2.75) is 0 Å². The first-order valence-electron chi connectivity index (χ1n) is 17.1. The van der Waals surface area contributed by atoms with Crippen LogP contribution in [0.5, 0.6) is 0 Å². The third kappa shape index (κ3) is 4.76. The molecule has 0 amide bonds. The van der Waals surface area contributed by atoms with Gasteiger partial charge in [0.1, 0.15) is 0 Å². The molecule has 50 heavy (non-hydrogen) atoms. The topological polar surface area (TPSA) is 3.24 Å². The van der Waals surface area contributed by atoms with E-state index in [0.29, 0.717) is 0 Å². The van der Waals surface area contributed by atoms with E-state index in [1.807, 2.05) is 11.3 Å². The van der Waals surface area contributed by atoms with Crippen LogP contribution in [0.1, 0.15) is 0 Å². The zero-order valence-electron chi connectivity index (χ0n) is 27.3. The number of fused-ring (bicyclic) bond motifs is 7. The van der Waals surface area contributed by atoms with E-state index in [2.05, 4.69) is 193 Å². The summed E-state index contributed by atoms with van der Waals surface area (Å²) in [5.74, 6) is 0. The third-order valence-corrected chi connectivity index (χ3v) is 11.2. The molecule has 10 aromatic rings. The Morgan fingerprint density at radius 2 is 0.900 bits per heavy atom. The summed E-state index contributed by atoms with van der Waals surface area (Å²) in [6.07, 6.45) is 0. The molecule has 10 rings (SSSR count). The molecule has 0 atom stereocenters. The van der Waals surface area contributed by atoms with Gasteiger partial charge in [0.25, 0.3) is 0 Å². The van der Waals surface area contributed by atoms with Crippen LogP contribution in [0, 0.1) is 0 Å². The van der Waals surface area contributed by atoms with Crippen molar-refractivity contribution in [3.63, 3.8) is 0 Å². The van der Waals surface area contributed by atoms with Gasteiger partial charge >= 0.3 is 0 Å².